The van der Waals surface area contributed by atoms with Crippen molar-refractivity contribution >= 4 is 92.6 Å². The summed E-state index contributed by atoms with van der Waals surface area (Å²) in [5, 5.41) is 32.9. The molecule has 3 aromatic heterocycles. The minimum Gasteiger partial charge on any atom is -0.497 e. The molecule has 492 valence electrons. The zero-order valence-corrected chi connectivity index (χ0v) is 58.6. The minimum absolute atomic E-state index is 0.0342. The third kappa shape index (κ3) is 15.7. The second kappa shape index (κ2) is 29.7. The van der Waals surface area contributed by atoms with Crippen LogP contribution in [0.15, 0.2) is 143 Å². The van der Waals surface area contributed by atoms with Crippen LogP contribution < -0.4 is 30.9 Å². The van der Waals surface area contributed by atoms with Crippen LogP contribution in [-0.4, -0.2) is 95.9 Å². The number of methoxy groups -OCH3 is 1. The Bertz CT molecular complexity index is 4370. The monoisotopic (exact) mass is 1350 g/mol. The first-order valence-corrected chi connectivity index (χ1v) is 33.6. The van der Waals surface area contributed by atoms with E-state index in [4.69, 9.17) is 49.5 Å². The van der Waals surface area contributed by atoms with Gasteiger partial charge in [0.15, 0.2) is 11.6 Å². The predicted molar refractivity (Wildman–Crippen MR) is 381 cm³/mol. The summed E-state index contributed by atoms with van der Waals surface area (Å²) >= 11 is 20.0. The summed E-state index contributed by atoms with van der Waals surface area (Å²) in [7, 11) is 1.63. The van der Waals surface area contributed by atoms with E-state index in [-0.39, 0.29) is 66.7 Å². The standard InChI is InChI=1S/C28H30ClN3O2.C23H24ClN5O2.C22H24ClN5OS/c1-17(2)30-28(34)21-7-5-20(6-8-21)22-9-14-27-25(16-22)26(15-18(3)32(27)19(4)33)31-24-12-10-23(29)11-13-24;1-13(2)25-21(30)12-19-23-28-27-14(3)29(23)20-10-9-17(31-4)11-18(20)22(26-19)15-5-7-16(24)8-6-15;1-11(2)24-18(29)10-17-21-27-26-14(5)28(21)22-19(12(3)13(4)30-22)20(25-17)15-6-8-16(23)9-7-15/h5-14,16-18,26,31H,15H2,1-4H3,(H,30,34);5-11,13,19H,12H2,1-4H3,(H,25,30);6-9,11,17H,10H2,1-5H3,(H,24,29)/t18-,26+;19-;17-/m000/s1. The van der Waals surface area contributed by atoms with E-state index in [0.717, 1.165) is 90.5 Å². The highest BCUT2D eigenvalue weighted by Crippen LogP contribution is 2.43. The molecule has 22 heteroatoms. The van der Waals surface area contributed by atoms with Crippen LogP contribution in [0, 0.1) is 27.7 Å². The third-order valence-corrected chi connectivity index (χ3v) is 18.3. The van der Waals surface area contributed by atoms with Gasteiger partial charge in [0.25, 0.3) is 5.91 Å². The molecule has 9 aromatic rings. The molecule has 6 heterocycles. The summed E-state index contributed by atoms with van der Waals surface area (Å²) in [5.41, 5.74) is 13.1. The molecule has 4 amide bonds. The first-order chi connectivity index (χ1) is 45.3. The van der Waals surface area contributed by atoms with E-state index in [2.05, 4.69) is 73.1 Å². The number of hydrogen-bond acceptors (Lipinski definition) is 13. The Morgan fingerprint density at radius 3 is 1.63 bits per heavy atom. The van der Waals surface area contributed by atoms with Crippen molar-refractivity contribution in [1.29, 1.82) is 0 Å². The van der Waals surface area contributed by atoms with Crippen molar-refractivity contribution in [2.75, 3.05) is 17.3 Å². The van der Waals surface area contributed by atoms with Crippen LogP contribution >= 0.6 is 46.1 Å². The molecule has 4 atom stereocenters. The average molecular weight is 1360 g/mol. The van der Waals surface area contributed by atoms with Crippen molar-refractivity contribution in [2.45, 2.75) is 145 Å². The fraction of sp³-hybridized carbons (Fsp3) is 0.315. The van der Waals surface area contributed by atoms with E-state index in [9.17, 15) is 19.2 Å². The number of thiophene rings is 1. The third-order valence-electron chi connectivity index (χ3n) is 16.4. The molecular formula is C73H78Cl3N13O5S. The second-order valence-electron chi connectivity index (χ2n) is 24.7. The van der Waals surface area contributed by atoms with Crippen molar-refractivity contribution in [3.05, 3.63) is 216 Å². The Morgan fingerprint density at radius 2 is 1.08 bits per heavy atom. The van der Waals surface area contributed by atoms with Crippen molar-refractivity contribution < 1.29 is 23.9 Å². The molecule has 3 aliphatic heterocycles. The van der Waals surface area contributed by atoms with Gasteiger partial charge in [0.1, 0.15) is 34.5 Å². The van der Waals surface area contributed by atoms with E-state index in [1.165, 1.54) is 10.4 Å². The molecule has 3 aliphatic rings. The van der Waals surface area contributed by atoms with Crippen LogP contribution in [-0.2, 0) is 14.4 Å². The summed E-state index contributed by atoms with van der Waals surface area (Å²) in [4.78, 5) is 63.2. The summed E-state index contributed by atoms with van der Waals surface area (Å²) in [6, 6.07) is 41.9. The summed E-state index contributed by atoms with van der Waals surface area (Å²) < 4.78 is 9.50. The lowest BCUT2D eigenvalue weighted by atomic mass is 9.88. The Kier molecular flexibility index (Phi) is 21.5. The zero-order valence-electron chi connectivity index (χ0n) is 55.5. The number of aliphatic imine (C=N–C) groups is 2. The zero-order chi connectivity index (χ0) is 68.1. The van der Waals surface area contributed by atoms with E-state index >= 15 is 0 Å². The van der Waals surface area contributed by atoms with Gasteiger partial charge >= 0.3 is 0 Å². The maximum Gasteiger partial charge on any atom is 0.251 e. The summed E-state index contributed by atoms with van der Waals surface area (Å²) in [5.74, 6) is 3.36. The molecule has 12 rings (SSSR count). The molecule has 0 radical (unpaired) electrons. The number of ether oxygens (including phenoxy) is 1. The van der Waals surface area contributed by atoms with E-state index in [1.807, 2.05) is 192 Å². The molecule has 0 bridgehead atoms. The molecule has 0 fully saturated rings. The molecule has 0 saturated carbocycles. The van der Waals surface area contributed by atoms with Crippen LogP contribution in [0.5, 0.6) is 5.75 Å². The minimum atomic E-state index is -0.496. The van der Waals surface area contributed by atoms with Gasteiger partial charge < -0.3 is 30.9 Å². The van der Waals surface area contributed by atoms with Gasteiger partial charge in [-0.2, -0.15) is 0 Å². The molecular weight excluding hydrogens is 1280 g/mol. The molecule has 0 saturated heterocycles. The number of benzene rings is 6. The number of halogens is 3. The number of anilines is 2. The Labute approximate surface area is 573 Å². The maximum atomic E-state index is 12.6. The second-order valence-corrected chi connectivity index (χ2v) is 27.3. The molecule has 18 nitrogen and oxygen atoms in total. The van der Waals surface area contributed by atoms with Gasteiger partial charge in [0, 0.05) is 90.2 Å². The number of nitrogens with zero attached hydrogens (tertiary/aromatic N) is 9. The fourth-order valence-corrected chi connectivity index (χ4v) is 13.6. The SMILES string of the molecule is CC(=O)N1c2ccc(-c3ccc(C(=O)NC(C)C)cc3)cc2[C@H](Nc2ccc(Cl)cc2)C[C@@H]1C.COc1ccc2c(c1)C(c1ccc(Cl)cc1)=N[C@@H](CC(=O)NC(C)C)c1nnc(C)n1-2.Cc1sc2c(c1C)C(c1ccc(Cl)cc1)=N[C@@H](CC(=O)NC(C)C)c1nnc(C)n1-2. The van der Waals surface area contributed by atoms with Gasteiger partial charge in [0.05, 0.1) is 43.1 Å². The van der Waals surface area contributed by atoms with Gasteiger partial charge in [-0.3, -0.25) is 38.3 Å². The number of fused-ring (bicyclic) bond motifs is 7. The Morgan fingerprint density at radius 1 is 0.589 bits per heavy atom. The molecule has 0 aliphatic carbocycles. The van der Waals surface area contributed by atoms with Gasteiger partial charge in [-0.25, -0.2) is 0 Å². The largest absolute Gasteiger partial charge is 0.497 e. The van der Waals surface area contributed by atoms with E-state index in [1.54, 1.807) is 25.4 Å². The highest BCUT2D eigenvalue weighted by molar-refractivity contribution is 7.15. The number of aromatic nitrogens is 6. The van der Waals surface area contributed by atoms with Gasteiger partial charge in [-0.15, -0.1) is 31.7 Å². The fourth-order valence-electron chi connectivity index (χ4n) is 12.0. The van der Waals surface area contributed by atoms with Gasteiger partial charge in [0.2, 0.25) is 17.7 Å². The molecule has 4 N–H and O–H groups in total. The van der Waals surface area contributed by atoms with Crippen molar-refractivity contribution in [3.8, 4) is 27.6 Å². The van der Waals surface area contributed by atoms with E-state index in [0.29, 0.717) is 38.0 Å². The number of rotatable bonds is 14. The van der Waals surface area contributed by atoms with Gasteiger partial charge in [-0.05, 0) is 196 Å². The van der Waals surface area contributed by atoms with Crippen molar-refractivity contribution in [3.63, 3.8) is 0 Å². The van der Waals surface area contributed by atoms with Crippen LogP contribution in [0.2, 0.25) is 15.1 Å². The van der Waals surface area contributed by atoms with Crippen LogP contribution in [0.25, 0.3) is 21.8 Å². The smallest absolute Gasteiger partial charge is 0.251 e. The number of aryl methyl sites for hydroxylation is 3. The topological polar surface area (TPSA) is 215 Å². The molecule has 0 unspecified atom stereocenters. The van der Waals surface area contributed by atoms with Crippen LogP contribution in [0.1, 0.15) is 165 Å². The lowest BCUT2D eigenvalue weighted by molar-refractivity contribution is -0.122. The summed E-state index contributed by atoms with van der Waals surface area (Å²) in [6.45, 7) is 23.4. The van der Waals surface area contributed by atoms with Crippen molar-refractivity contribution in [2.24, 2.45) is 9.98 Å². The lowest BCUT2D eigenvalue weighted by Gasteiger charge is -2.39. The average Bonchev–Trinajstić information content (AvgIpc) is 1.63. The normalized spacial score (nSPS) is 16.0. The van der Waals surface area contributed by atoms with Crippen LogP contribution in [0.3, 0.4) is 0 Å². The number of nitrogens with one attached hydrogen (secondary N) is 4. The molecule has 6 aromatic carbocycles. The Hall–Kier alpha value is -9.01. The van der Waals surface area contributed by atoms with Gasteiger partial charge in [-0.1, -0.05) is 77.3 Å². The van der Waals surface area contributed by atoms with Crippen LogP contribution in [0.4, 0.5) is 11.4 Å². The first kappa shape index (κ1) is 68.8. The maximum absolute atomic E-state index is 12.6. The highest BCUT2D eigenvalue weighted by atomic mass is 35.5. The molecule has 0 spiro atoms. The number of carbonyl (C=O) groups excluding carboxylic acids is 4. The predicted octanol–water partition coefficient (Wildman–Crippen LogP) is 15.2. The van der Waals surface area contributed by atoms with Crippen molar-refractivity contribution in [1.82, 2.24) is 45.5 Å². The quantitative estimate of drug-likeness (QED) is 0.0808. The number of amides is 4. The Balaban J connectivity index is 0.000000156. The number of hydrogen-bond donors (Lipinski definition) is 4. The van der Waals surface area contributed by atoms with E-state index < -0.39 is 12.1 Å². The summed E-state index contributed by atoms with van der Waals surface area (Å²) in [6.07, 6.45) is 1.16. The molecule has 95 heavy (non-hydrogen) atoms. The highest BCUT2D eigenvalue weighted by Gasteiger charge is 2.35. The first-order valence-electron chi connectivity index (χ1n) is 31.6. The lowest BCUT2D eigenvalue weighted by Crippen LogP contribution is -2.43. The number of carbonyl (C=O) groups is 4.